The van der Waals surface area contributed by atoms with E-state index in [1.165, 1.54) is 6.42 Å². The van der Waals surface area contributed by atoms with Gasteiger partial charge in [0, 0.05) is 0 Å². The fourth-order valence-electron chi connectivity index (χ4n) is 1.59. The van der Waals surface area contributed by atoms with Gasteiger partial charge in [-0.25, -0.2) is 0 Å². The van der Waals surface area contributed by atoms with Gasteiger partial charge < -0.3 is 10.3 Å². The minimum Gasteiger partial charge on any atom is -0.411 e. The molecule has 3 nitrogen and oxygen atoms in total. The topological polar surface area (TPSA) is 52.8 Å². The molecule has 1 rings (SSSR count). The Morgan fingerprint density at radius 3 is 2.27 bits per heavy atom. The number of rotatable bonds is 1. The standard InChI is InChI=1S/C8H15NO2/c1-7(9-11)8(10)5-3-2-4-6-8/h10-11H,2-6H2,1H3/b9-7+. The molecule has 0 aromatic rings. The van der Waals surface area contributed by atoms with Crippen LogP contribution in [0.4, 0.5) is 0 Å². The van der Waals surface area contributed by atoms with E-state index in [4.69, 9.17) is 5.21 Å². The molecule has 0 amide bonds. The Kier molecular flexibility index (Phi) is 2.49. The van der Waals surface area contributed by atoms with E-state index in [1.807, 2.05) is 0 Å². The Morgan fingerprint density at radius 2 is 1.82 bits per heavy atom. The lowest BCUT2D eigenvalue weighted by Crippen LogP contribution is -2.38. The van der Waals surface area contributed by atoms with E-state index in [2.05, 4.69) is 5.16 Å². The van der Waals surface area contributed by atoms with E-state index in [0.717, 1.165) is 25.7 Å². The van der Waals surface area contributed by atoms with Crippen LogP contribution in [0.2, 0.25) is 0 Å². The van der Waals surface area contributed by atoms with Crippen molar-refractivity contribution in [1.29, 1.82) is 0 Å². The van der Waals surface area contributed by atoms with Gasteiger partial charge in [-0.3, -0.25) is 0 Å². The third-order valence-electron chi connectivity index (χ3n) is 2.50. The zero-order valence-corrected chi connectivity index (χ0v) is 6.88. The zero-order chi connectivity index (χ0) is 8.32. The van der Waals surface area contributed by atoms with Gasteiger partial charge in [0.05, 0.1) is 5.71 Å². The van der Waals surface area contributed by atoms with Crippen LogP contribution in [-0.2, 0) is 0 Å². The normalized spacial score (nSPS) is 25.1. The van der Waals surface area contributed by atoms with Gasteiger partial charge in [-0.1, -0.05) is 24.4 Å². The first kappa shape index (κ1) is 8.53. The van der Waals surface area contributed by atoms with Crippen LogP contribution in [0.15, 0.2) is 5.16 Å². The molecule has 0 aliphatic heterocycles. The molecule has 11 heavy (non-hydrogen) atoms. The predicted molar refractivity (Wildman–Crippen MR) is 42.9 cm³/mol. The lowest BCUT2D eigenvalue weighted by Gasteiger charge is -2.30. The summed E-state index contributed by atoms with van der Waals surface area (Å²) in [6, 6.07) is 0. The van der Waals surface area contributed by atoms with Crippen LogP contribution in [0.1, 0.15) is 39.0 Å². The maximum Gasteiger partial charge on any atom is 0.106 e. The molecule has 0 radical (unpaired) electrons. The van der Waals surface area contributed by atoms with E-state index < -0.39 is 5.60 Å². The van der Waals surface area contributed by atoms with Gasteiger partial charge >= 0.3 is 0 Å². The molecule has 0 bridgehead atoms. The fourth-order valence-corrected chi connectivity index (χ4v) is 1.59. The van der Waals surface area contributed by atoms with E-state index in [0.29, 0.717) is 5.71 Å². The van der Waals surface area contributed by atoms with Gasteiger partial charge in [0.1, 0.15) is 5.60 Å². The van der Waals surface area contributed by atoms with Crippen molar-refractivity contribution < 1.29 is 10.3 Å². The van der Waals surface area contributed by atoms with Crippen molar-refractivity contribution in [2.75, 3.05) is 0 Å². The van der Waals surface area contributed by atoms with Gasteiger partial charge in [0.15, 0.2) is 0 Å². The summed E-state index contributed by atoms with van der Waals surface area (Å²) in [4.78, 5) is 0. The highest BCUT2D eigenvalue weighted by Crippen LogP contribution is 2.28. The highest BCUT2D eigenvalue weighted by molar-refractivity contribution is 5.89. The van der Waals surface area contributed by atoms with Gasteiger partial charge in [-0.15, -0.1) is 0 Å². The van der Waals surface area contributed by atoms with Crippen LogP contribution in [-0.4, -0.2) is 21.6 Å². The second-order valence-electron chi connectivity index (χ2n) is 3.28. The Balaban J connectivity index is 2.64. The molecule has 1 fully saturated rings. The Morgan fingerprint density at radius 1 is 1.27 bits per heavy atom. The molecule has 1 aliphatic carbocycles. The molecule has 1 aliphatic rings. The summed E-state index contributed by atoms with van der Waals surface area (Å²) in [7, 11) is 0. The van der Waals surface area contributed by atoms with Crippen LogP contribution < -0.4 is 0 Å². The molecule has 64 valence electrons. The second-order valence-corrected chi connectivity index (χ2v) is 3.28. The molecule has 0 heterocycles. The third kappa shape index (κ3) is 1.71. The van der Waals surface area contributed by atoms with Crippen molar-refractivity contribution in [2.45, 2.75) is 44.6 Å². The molecule has 0 spiro atoms. The average Bonchev–Trinajstić information content (AvgIpc) is 2.04. The second kappa shape index (κ2) is 3.22. The maximum atomic E-state index is 9.85. The molecule has 0 saturated heterocycles. The molecule has 0 atom stereocenters. The highest BCUT2D eigenvalue weighted by Gasteiger charge is 2.32. The van der Waals surface area contributed by atoms with E-state index in [9.17, 15) is 5.11 Å². The molecular weight excluding hydrogens is 142 g/mol. The Hall–Kier alpha value is -0.570. The van der Waals surface area contributed by atoms with Crippen molar-refractivity contribution >= 4 is 5.71 Å². The number of hydrogen-bond acceptors (Lipinski definition) is 3. The van der Waals surface area contributed by atoms with Crippen LogP contribution in [0, 0.1) is 0 Å². The summed E-state index contributed by atoms with van der Waals surface area (Å²) < 4.78 is 0. The van der Waals surface area contributed by atoms with Crippen molar-refractivity contribution in [3.8, 4) is 0 Å². The molecule has 0 unspecified atom stereocenters. The monoisotopic (exact) mass is 157 g/mol. The van der Waals surface area contributed by atoms with Gasteiger partial charge in [-0.2, -0.15) is 0 Å². The van der Waals surface area contributed by atoms with Crippen LogP contribution >= 0.6 is 0 Å². The largest absolute Gasteiger partial charge is 0.411 e. The van der Waals surface area contributed by atoms with Crippen LogP contribution in [0.25, 0.3) is 0 Å². The number of aliphatic hydroxyl groups is 1. The number of oxime groups is 1. The van der Waals surface area contributed by atoms with Crippen LogP contribution in [0.3, 0.4) is 0 Å². The highest BCUT2D eigenvalue weighted by atomic mass is 16.4. The summed E-state index contributed by atoms with van der Waals surface area (Å²) in [5, 5.41) is 21.4. The minimum atomic E-state index is -0.812. The smallest absolute Gasteiger partial charge is 0.106 e. The van der Waals surface area contributed by atoms with Crippen molar-refractivity contribution in [2.24, 2.45) is 5.16 Å². The lowest BCUT2D eigenvalue weighted by molar-refractivity contribution is 0.0668. The SMILES string of the molecule is C/C(=N\O)C1(O)CCCCC1. The summed E-state index contributed by atoms with van der Waals surface area (Å²) in [5.41, 5.74) is -0.357. The molecule has 0 aromatic carbocycles. The quantitative estimate of drug-likeness (QED) is 0.344. The Bertz CT molecular complexity index is 159. The maximum absolute atomic E-state index is 9.85. The van der Waals surface area contributed by atoms with Crippen molar-refractivity contribution in [1.82, 2.24) is 0 Å². The summed E-state index contributed by atoms with van der Waals surface area (Å²) in [6.07, 6.45) is 4.72. The molecule has 3 heteroatoms. The Labute approximate surface area is 66.7 Å². The first-order chi connectivity index (χ1) is 5.19. The zero-order valence-electron chi connectivity index (χ0n) is 6.88. The van der Waals surface area contributed by atoms with Gasteiger partial charge in [-0.05, 0) is 19.8 Å². The molecule has 1 saturated carbocycles. The average molecular weight is 157 g/mol. The lowest BCUT2D eigenvalue weighted by atomic mass is 9.82. The predicted octanol–water partition coefficient (Wildman–Crippen LogP) is 1.53. The number of hydrogen-bond donors (Lipinski definition) is 2. The first-order valence-corrected chi connectivity index (χ1v) is 4.10. The molecular formula is C8H15NO2. The minimum absolute atomic E-state index is 0.456. The van der Waals surface area contributed by atoms with Crippen molar-refractivity contribution in [3.05, 3.63) is 0 Å². The molecule has 0 aromatic heterocycles. The molecule has 2 N–H and O–H groups in total. The van der Waals surface area contributed by atoms with E-state index in [-0.39, 0.29) is 0 Å². The summed E-state index contributed by atoms with van der Waals surface area (Å²) in [5.74, 6) is 0. The summed E-state index contributed by atoms with van der Waals surface area (Å²) in [6.45, 7) is 1.67. The third-order valence-corrected chi connectivity index (χ3v) is 2.50. The number of nitrogens with zero attached hydrogens (tertiary/aromatic N) is 1. The van der Waals surface area contributed by atoms with Crippen LogP contribution in [0.5, 0.6) is 0 Å². The van der Waals surface area contributed by atoms with Gasteiger partial charge in [0.25, 0.3) is 0 Å². The fraction of sp³-hybridized carbons (Fsp3) is 0.875. The van der Waals surface area contributed by atoms with Gasteiger partial charge in [0.2, 0.25) is 0 Å². The van der Waals surface area contributed by atoms with E-state index in [1.54, 1.807) is 6.92 Å². The first-order valence-electron chi connectivity index (χ1n) is 4.10. The van der Waals surface area contributed by atoms with E-state index >= 15 is 0 Å². The summed E-state index contributed by atoms with van der Waals surface area (Å²) >= 11 is 0. The van der Waals surface area contributed by atoms with Crippen molar-refractivity contribution in [3.63, 3.8) is 0 Å².